The first-order valence-electron chi connectivity index (χ1n) is 4.80. The van der Waals surface area contributed by atoms with Crippen LogP contribution in [0.2, 0.25) is 10.0 Å². The van der Waals surface area contributed by atoms with E-state index in [9.17, 15) is 0 Å². The molecule has 0 saturated carbocycles. The molecule has 1 nitrogen and oxygen atoms in total. The van der Waals surface area contributed by atoms with Crippen LogP contribution < -0.4 is 5.73 Å². The van der Waals surface area contributed by atoms with Crippen LogP contribution in [0, 0.1) is 6.92 Å². The Labute approximate surface area is 95.2 Å². The van der Waals surface area contributed by atoms with Gasteiger partial charge in [-0.1, -0.05) is 29.3 Å². The summed E-state index contributed by atoms with van der Waals surface area (Å²) in [6.45, 7) is 2.68. The minimum absolute atomic E-state index is 0.734. The SMILES string of the molecule is Cc1c(Cl)ccc(CCCCN)c1Cl. The Morgan fingerprint density at radius 2 is 1.93 bits per heavy atom. The number of benzene rings is 1. The van der Waals surface area contributed by atoms with Crippen LogP contribution in [0.1, 0.15) is 24.0 Å². The lowest BCUT2D eigenvalue weighted by Crippen LogP contribution is -1.99. The molecule has 78 valence electrons. The minimum atomic E-state index is 0.734. The Balaban J connectivity index is 2.73. The molecule has 2 N–H and O–H groups in total. The predicted octanol–water partition coefficient (Wildman–Crippen LogP) is 3.58. The summed E-state index contributed by atoms with van der Waals surface area (Å²) < 4.78 is 0. The second-order valence-corrected chi connectivity index (χ2v) is 4.18. The van der Waals surface area contributed by atoms with Crippen LogP contribution in [0.5, 0.6) is 0 Å². The topological polar surface area (TPSA) is 26.0 Å². The third-order valence-electron chi connectivity index (χ3n) is 2.30. The maximum absolute atomic E-state index is 6.16. The molecule has 0 saturated heterocycles. The van der Waals surface area contributed by atoms with Crippen LogP contribution in [0.3, 0.4) is 0 Å². The van der Waals surface area contributed by atoms with Gasteiger partial charge in [-0.05, 0) is 49.9 Å². The number of aryl methyl sites for hydroxylation is 1. The number of hydrogen-bond donors (Lipinski definition) is 1. The van der Waals surface area contributed by atoms with Crippen LogP contribution >= 0.6 is 23.2 Å². The van der Waals surface area contributed by atoms with Gasteiger partial charge in [0.25, 0.3) is 0 Å². The molecule has 0 bridgehead atoms. The number of nitrogens with two attached hydrogens (primary N) is 1. The summed E-state index contributed by atoms with van der Waals surface area (Å²) in [5, 5.41) is 1.53. The van der Waals surface area contributed by atoms with Gasteiger partial charge in [0.05, 0.1) is 0 Å². The number of unbranched alkanes of at least 4 members (excludes halogenated alkanes) is 1. The first-order chi connectivity index (χ1) is 6.66. The molecule has 0 atom stereocenters. The van der Waals surface area contributed by atoms with Gasteiger partial charge in [-0.25, -0.2) is 0 Å². The van der Waals surface area contributed by atoms with Crippen LogP contribution in [0.25, 0.3) is 0 Å². The van der Waals surface area contributed by atoms with E-state index in [4.69, 9.17) is 28.9 Å². The van der Waals surface area contributed by atoms with Crippen LogP contribution in [0.15, 0.2) is 12.1 Å². The molecule has 0 spiro atoms. The van der Waals surface area contributed by atoms with Crippen molar-refractivity contribution in [1.82, 2.24) is 0 Å². The van der Waals surface area contributed by atoms with E-state index < -0.39 is 0 Å². The Morgan fingerprint density at radius 3 is 2.57 bits per heavy atom. The Kier molecular flexibility index (Phi) is 4.73. The third-order valence-corrected chi connectivity index (χ3v) is 3.24. The molecule has 1 aromatic carbocycles. The summed E-state index contributed by atoms with van der Waals surface area (Å²) in [5.41, 5.74) is 7.57. The molecule has 0 unspecified atom stereocenters. The lowest BCUT2D eigenvalue weighted by atomic mass is 10.1. The molecule has 1 aromatic rings. The second kappa shape index (κ2) is 5.59. The number of hydrogen-bond acceptors (Lipinski definition) is 1. The first kappa shape index (κ1) is 11.8. The third kappa shape index (κ3) is 2.88. The Morgan fingerprint density at radius 1 is 1.21 bits per heavy atom. The molecule has 0 aliphatic heterocycles. The lowest BCUT2D eigenvalue weighted by molar-refractivity contribution is 0.744. The van der Waals surface area contributed by atoms with Gasteiger partial charge in [0.1, 0.15) is 0 Å². The van der Waals surface area contributed by atoms with Crippen LogP contribution in [-0.2, 0) is 6.42 Å². The van der Waals surface area contributed by atoms with E-state index in [-0.39, 0.29) is 0 Å². The fourth-order valence-electron chi connectivity index (χ4n) is 1.37. The van der Waals surface area contributed by atoms with Crippen molar-refractivity contribution < 1.29 is 0 Å². The molecular formula is C11H15Cl2N. The van der Waals surface area contributed by atoms with Crippen molar-refractivity contribution in [3.8, 4) is 0 Å². The molecule has 0 heterocycles. The molecule has 1 rings (SSSR count). The lowest BCUT2D eigenvalue weighted by Gasteiger charge is -2.07. The van der Waals surface area contributed by atoms with Gasteiger partial charge in [-0.3, -0.25) is 0 Å². The van der Waals surface area contributed by atoms with Gasteiger partial charge < -0.3 is 5.73 Å². The van der Waals surface area contributed by atoms with Crippen molar-refractivity contribution in [3.05, 3.63) is 33.3 Å². The molecule has 0 amide bonds. The van der Waals surface area contributed by atoms with Crippen molar-refractivity contribution in [2.24, 2.45) is 5.73 Å². The molecule has 3 heteroatoms. The molecule has 0 aliphatic carbocycles. The molecule has 0 radical (unpaired) electrons. The standard InChI is InChI=1S/C11H15Cl2N/c1-8-10(12)6-5-9(11(8)13)4-2-3-7-14/h5-6H,2-4,7,14H2,1H3. The van der Waals surface area contributed by atoms with Crippen molar-refractivity contribution in [3.63, 3.8) is 0 Å². The quantitative estimate of drug-likeness (QED) is 0.789. The molecule has 14 heavy (non-hydrogen) atoms. The van der Waals surface area contributed by atoms with Crippen LogP contribution in [0.4, 0.5) is 0 Å². The maximum atomic E-state index is 6.16. The number of rotatable bonds is 4. The highest BCUT2D eigenvalue weighted by molar-refractivity contribution is 6.36. The van der Waals surface area contributed by atoms with Crippen molar-refractivity contribution in [2.45, 2.75) is 26.2 Å². The summed E-state index contributed by atoms with van der Waals surface area (Å²) in [7, 11) is 0. The molecule has 0 aliphatic rings. The monoisotopic (exact) mass is 231 g/mol. The van der Waals surface area contributed by atoms with Crippen molar-refractivity contribution in [1.29, 1.82) is 0 Å². The Bertz CT molecular complexity index is 310. The van der Waals surface area contributed by atoms with E-state index in [0.29, 0.717) is 0 Å². The zero-order valence-corrected chi connectivity index (χ0v) is 9.83. The first-order valence-corrected chi connectivity index (χ1v) is 5.56. The zero-order chi connectivity index (χ0) is 10.6. The fourth-order valence-corrected chi connectivity index (χ4v) is 1.84. The van der Waals surface area contributed by atoms with E-state index in [1.165, 1.54) is 5.56 Å². The summed E-state index contributed by atoms with van der Waals surface area (Å²) in [4.78, 5) is 0. The summed E-state index contributed by atoms with van der Waals surface area (Å²) in [6, 6.07) is 3.90. The highest BCUT2D eigenvalue weighted by Crippen LogP contribution is 2.28. The fraction of sp³-hybridized carbons (Fsp3) is 0.455. The van der Waals surface area contributed by atoms with Gasteiger partial charge >= 0.3 is 0 Å². The highest BCUT2D eigenvalue weighted by atomic mass is 35.5. The number of halogens is 2. The van der Waals surface area contributed by atoms with E-state index in [1.807, 2.05) is 19.1 Å². The summed E-state index contributed by atoms with van der Waals surface area (Å²) in [6.07, 6.45) is 3.10. The van der Waals surface area contributed by atoms with E-state index in [0.717, 1.165) is 41.4 Å². The average Bonchev–Trinajstić information content (AvgIpc) is 2.18. The highest BCUT2D eigenvalue weighted by Gasteiger charge is 2.05. The Hall–Kier alpha value is -0.240. The smallest absolute Gasteiger partial charge is 0.0482 e. The van der Waals surface area contributed by atoms with E-state index in [2.05, 4.69) is 0 Å². The maximum Gasteiger partial charge on any atom is 0.0482 e. The van der Waals surface area contributed by atoms with Crippen molar-refractivity contribution in [2.75, 3.05) is 6.54 Å². The molecule has 0 fully saturated rings. The van der Waals surface area contributed by atoms with Crippen molar-refractivity contribution >= 4 is 23.2 Å². The van der Waals surface area contributed by atoms with E-state index in [1.54, 1.807) is 0 Å². The largest absolute Gasteiger partial charge is 0.330 e. The van der Waals surface area contributed by atoms with Gasteiger partial charge in [-0.15, -0.1) is 0 Å². The minimum Gasteiger partial charge on any atom is -0.330 e. The summed E-state index contributed by atoms with van der Waals surface area (Å²) >= 11 is 12.1. The molecule has 0 aromatic heterocycles. The van der Waals surface area contributed by atoms with E-state index >= 15 is 0 Å². The van der Waals surface area contributed by atoms with Gasteiger partial charge in [0.15, 0.2) is 0 Å². The van der Waals surface area contributed by atoms with Gasteiger partial charge in [0, 0.05) is 10.0 Å². The normalized spacial score (nSPS) is 10.6. The predicted molar refractivity (Wildman–Crippen MR) is 63.2 cm³/mol. The van der Waals surface area contributed by atoms with Crippen LogP contribution in [-0.4, -0.2) is 6.54 Å². The summed E-state index contributed by atoms with van der Waals surface area (Å²) in [5.74, 6) is 0. The van der Waals surface area contributed by atoms with Gasteiger partial charge in [0.2, 0.25) is 0 Å². The molecular weight excluding hydrogens is 217 g/mol. The van der Waals surface area contributed by atoms with Gasteiger partial charge in [-0.2, -0.15) is 0 Å². The average molecular weight is 232 g/mol. The zero-order valence-electron chi connectivity index (χ0n) is 8.32. The second-order valence-electron chi connectivity index (χ2n) is 3.39.